The van der Waals surface area contributed by atoms with Crippen molar-refractivity contribution in [3.05, 3.63) is 24.3 Å². The van der Waals surface area contributed by atoms with Gasteiger partial charge in [-0.05, 0) is 44.5 Å². The zero-order chi connectivity index (χ0) is 14.6. The molecule has 0 aliphatic rings. The van der Waals surface area contributed by atoms with Gasteiger partial charge in [-0.25, -0.2) is 0 Å². The normalized spacial score (nSPS) is 10.9. The topological polar surface area (TPSA) is 38.5 Å². The van der Waals surface area contributed by atoms with Crippen LogP contribution in [0.3, 0.4) is 0 Å². The van der Waals surface area contributed by atoms with Gasteiger partial charge in [0.15, 0.2) is 0 Å². The molecule has 114 valence electrons. The summed E-state index contributed by atoms with van der Waals surface area (Å²) in [6, 6.07) is 7.70. The highest BCUT2D eigenvalue weighted by molar-refractivity contribution is 5.51. The van der Waals surface area contributed by atoms with Crippen LogP contribution in [0.15, 0.2) is 24.3 Å². The Kier molecular flexibility index (Phi) is 8.88. The lowest BCUT2D eigenvalue weighted by Crippen LogP contribution is -2.28. The van der Waals surface area contributed by atoms with Crippen molar-refractivity contribution in [1.82, 2.24) is 4.90 Å². The molecule has 1 rings (SSSR count). The molecule has 20 heavy (non-hydrogen) atoms. The first-order chi connectivity index (χ1) is 9.77. The zero-order valence-corrected chi connectivity index (χ0v) is 13.1. The molecule has 0 unspecified atom stereocenters. The van der Waals surface area contributed by atoms with Gasteiger partial charge in [0.1, 0.15) is 5.75 Å². The quantitative estimate of drug-likeness (QED) is 0.492. The van der Waals surface area contributed by atoms with Gasteiger partial charge >= 0.3 is 0 Å². The maximum Gasteiger partial charge on any atom is 0.142 e. The fraction of sp³-hybridized carbons (Fsp3) is 0.647. The van der Waals surface area contributed by atoms with Gasteiger partial charge < -0.3 is 15.4 Å². The SMILES string of the molecule is CCCCN(CCCC)CCCOc1ccccc1N. The summed E-state index contributed by atoms with van der Waals surface area (Å²) < 4.78 is 5.74. The molecular formula is C17H30N2O. The summed E-state index contributed by atoms with van der Waals surface area (Å²) >= 11 is 0. The van der Waals surface area contributed by atoms with Crippen molar-refractivity contribution in [2.75, 3.05) is 32.0 Å². The Balaban J connectivity index is 2.23. The van der Waals surface area contributed by atoms with Gasteiger partial charge in [0.2, 0.25) is 0 Å². The van der Waals surface area contributed by atoms with Gasteiger partial charge in [-0.1, -0.05) is 38.8 Å². The average Bonchev–Trinajstić information content (AvgIpc) is 2.47. The summed E-state index contributed by atoms with van der Waals surface area (Å²) in [5.74, 6) is 0.807. The molecule has 0 spiro atoms. The monoisotopic (exact) mass is 278 g/mol. The van der Waals surface area contributed by atoms with Crippen LogP contribution in [0, 0.1) is 0 Å². The lowest BCUT2D eigenvalue weighted by molar-refractivity contribution is 0.229. The van der Waals surface area contributed by atoms with Crippen LogP contribution in [-0.4, -0.2) is 31.1 Å². The number of ether oxygens (including phenoxy) is 1. The second kappa shape index (κ2) is 10.6. The number of nitrogens with two attached hydrogens (primary N) is 1. The first kappa shape index (κ1) is 16.8. The summed E-state index contributed by atoms with van der Waals surface area (Å²) in [7, 11) is 0. The number of unbranched alkanes of at least 4 members (excludes halogenated alkanes) is 2. The van der Waals surface area contributed by atoms with Crippen LogP contribution in [0.25, 0.3) is 0 Å². The zero-order valence-electron chi connectivity index (χ0n) is 13.1. The third-order valence-electron chi connectivity index (χ3n) is 3.45. The molecule has 1 aromatic carbocycles. The highest BCUT2D eigenvalue weighted by Crippen LogP contribution is 2.19. The largest absolute Gasteiger partial charge is 0.491 e. The Morgan fingerprint density at radius 1 is 0.950 bits per heavy atom. The van der Waals surface area contributed by atoms with E-state index in [-0.39, 0.29) is 0 Å². The van der Waals surface area contributed by atoms with Crippen molar-refractivity contribution in [3.63, 3.8) is 0 Å². The number of hydrogen-bond donors (Lipinski definition) is 1. The van der Waals surface area contributed by atoms with Crippen LogP contribution in [0.1, 0.15) is 46.0 Å². The van der Waals surface area contributed by atoms with Crippen molar-refractivity contribution in [1.29, 1.82) is 0 Å². The van der Waals surface area contributed by atoms with Crippen LogP contribution in [-0.2, 0) is 0 Å². The Morgan fingerprint density at radius 3 is 2.15 bits per heavy atom. The number of para-hydroxylation sites is 2. The van der Waals surface area contributed by atoms with Crippen molar-refractivity contribution in [2.45, 2.75) is 46.0 Å². The summed E-state index contributed by atoms with van der Waals surface area (Å²) in [6.07, 6.45) is 6.16. The minimum absolute atomic E-state index is 0.723. The maximum absolute atomic E-state index is 5.86. The standard InChI is InChI=1S/C17H30N2O/c1-3-5-12-19(13-6-4-2)14-9-15-20-17-11-8-7-10-16(17)18/h7-8,10-11H,3-6,9,12-15,18H2,1-2H3. The number of anilines is 1. The molecule has 0 aliphatic carbocycles. The smallest absolute Gasteiger partial charge is 0.142 e. The molecule has 0 radical (unpaired) electrons. The number of hydrogen-bond acceptors (Lipinski definition) is 3. The summed E-state index contributed by atoms with van der Waals surface area (Å²) in [5, 5.41) is 0. The number of nitrogen functional groups attached to an aromatic ring is 1. The lowest BCUT2D eigenvalue weighted by Gasteiger charge is -2.22. The van der Waals surface area contributed by atoms with E-state index >= 15 is 0 Å². The molecule has 0 heterocycles. The van der Waals surface area contributed by atoms with Crippen molar-refractivity contribution < 1.29 is 4.74 Å². The fourth-order valence-electron chi connectivity index (χ4n) is 2.18. The number of nitrogens with zero attached hydrogens (tertiary/aromatic N) is 1. The lowest BCUT2D eigenvalue weighted by atomic mass is 10.2. The van der Waals surface area contributed by atoms with Gasteiger partial charge in [-0.15, -0.1) is 0 Å². The highest BCUT2D eigenvalue weighted by Gasteiger charge is 2.04. The van der Waals surface area contributed by atoms with E-state index < -0.39 is 0 Å². The Labute approximate surface area is 124 Å². The van der Waals surface area contributed by atoms with E-state index in [2.05, 4.69) is 18.7 Å². The van der Waals surface area contributed by atoms with E-state index in [1.54, 1.807) is 0 Å². The fourth-order valence-corrected chi connectivity index (χ4v) is 2.18. The molecule has 0 bridgehead atoms. The molecule has 3 nitrogen and oxygen atoms in total. The molecule has 0 atom stereocenters. The van der Waals surface area contributed by atoms with Gasteiger partial charge in [-0.3, -0.25) is 0 Å². The Hall–Kier alpha value is -1.22. The minimum atomic E-state index is 0.723. The Bertz CT molecular complexity index is 347. The Morgan fingerprint density at radius 2 is 1.55 bits per heavy atom. The van der Waals surface area contributed by atoms with Crippen molar-refractivity contribution in [3.8, 4) is 5.75 Å². The molecule has 2 N–H and O–H groups in total. The molecule has 3 heteroatoms. The van der Waals surface area contributed by atoms with Crippen LogP contribution in [0.5, 0.6) is 5.75 Å². The average molecular weight is 278 g/mol. The summed E-state index contributed by atoms with van der Waals surface area (Å²) in [4.78, 5) is 2.56. The molecule has 0 amide bonds. The predicted octanol–water partition coefficient (Wildman–Crippen LogP) is 3.94. The molecule has 0 saturated carbocycles. The van der Waals surface area contributed by atoms with E-state index in [1.165, 1.54) is 38.8 Å². The number of benzene rings is 1. The molecule has 1 aromatic rings. The van der Waals surface area contributed by atoms with Crippen LogP contribution < -0.4 is 10.5 Å². The molecular weight excluding hydrogens is 248 g/mol. The van der Waals surface area contributed by atoms with Gasteiger partial charge in [0.05, 0.1) is 12.3 Å². The second-order valence-corrected chi connectivity index (χ2v) is 5.29. The second-order valence-electron chi connectivity index (χ2n) is 5.29. The minimum Gasteiger partial charge on any atom is -0.491 e. The maximum atomic E-state index is 5.86. The van der Waals surface area contributed by atoms with Gasteiger partial charge in [0.25, 0.3) is 0 Å². The van der Waals surface area contributed by atoms with Crippen molar-refractivity contribution in [2.24, 2.45) is 0 Å². The molecule has 0 saturated heterocycles. The van der Waals surface area contributed by atoms with Crippen molar-refractivity contribution >= 4 is 5.69 Å². The summed E-state index contributed by atoms with van der Waals surface area (Å²) in [5.41, 5.74) is 6.58. The van der Waals surface area contributed by atoms with Crippen LogP contribution in [0.4, 0.5) is 5.69 Å². The predicted molar refractivity (Wildman–Crippen MR) is 87.2 cm³/mol. The highest BCUT2D eigenvalue weighted by atomic mass is 16.5. The van der Waals surface area contributed by atoms with Gasteiger partial charge in [-0.2, -0.15) is 0 Å². The van der Waals surface area contributed by atoms with Crippen LogP contribution >= 0.6 is 0 Å². The van der Waals surface area contributed by atoms with E-state index in [0.29, 0.717) is 0 Å². The molecule has 0 aliphatic heterocycles. The molecule has 0 fully saturated rings. The molecule has 0 aromatic heterocycles. The number of rotatable bonds is 11. The van der Waals surface area contributed by atoms with Crippen LogP contribution in [0.2, 0.25) is 0 Å². The first-order valence-corrected chi connectivity index (χ1v) is 7.97. The van der Waals surface area contributed by atoms with E-state index in [0.717, 1.165) is 31.0 Å². The third kappa shape index (κ3) is 6.80. The third-order valence-corrected chi connectivity index (χ3v) is 3.45. The summed E-state index contributed by atoms with van der Waals surface area (Å²) in [6.45, 7) is 8.78. The van der Waals surface area contributed by atoms with E-state index in [4.69, 9.17) is 10.5 Å². The van der Waals surface area contributed by atoms with E-state index in [1.807, 2.05) is 24.3 Å². The first-order valence-electron chi connectivity index (χ1n) is 7.97. The van der Waals surface area contributed by atoms with Gasteiger partial charge in [0, 0.05) is 6.54 Å². The van der Waals surface area contributed by atoms with E-state index in [9.17, 15) is 0 Å².